The monoisotopic (exact) mass is 221 g/mol. The first-order valence-corrected chi connectivity index (χ1v) is 6.92. The normalized spacial score (nSPS) is 28.6. The molecule has 0 bridgehead atoms. The number of hydrogen-bond acceptors (Lipinski definition) is 2. The van der Waals surface area contributed by atoms with Gasteiger partial charge in [-0.25, -0.2) is 0 Å². The molecular weight excluding hydrogens is 198 g/mol. The van der Waals surface area contributed by atoms with Gasteiger partial charge in [0.15, 0.2) is 0 Å². The summed E-state index contributed by atoms with van der Waals surface area (Å²) in [5.74, 6) is 1.54. The lowest BCUT2D eigenvalue weighted by atomic mass is 10.1. The summed E-state index contributed by atoms with van der Waals surface area (Å²) < 4.78 is 0. The molecule has 0 spiro atoms. The lowest BCUT2D eigenvalue weighted by Crippen LogP contribution is -2.50. The minimum absolute atomic E-state index is 0.590. The van der Waals surface area contributed by atoms with E-state index in [1.54, 1.807) is 0 Å². The van der Waals surface area contributed by atoms with Crippen molar-refractivity contribution < 1.29 is 0 Å². The molecule has 3 aliphatic rings. The van der Waals surface area contributed by atoms with Crippen molar-refractivity contribution in [3.63, 3.8) is 0 Å². The molecule has 1 aliphatic heterocycles. The number of nitrogens with one attached hydrogen (secondary N) is 1. The highest BCUT2D eigenvalue weighted by Crippen LogP contribution is 2.29. The first-order chi connectivity index (χ1) is 7.84. The van der Waals surface area contributed by atoms with Crippen LogP contribution in [0.2, 0.25) is 0 Å². The average molecular weight is 221 g/mol. The minimum Gasteiger partial charge on any atom is -0.358 e. The Morgan fingerprint density at radius 3 is 2.06 bits per heavy atom. The first-order valence-electron chi connectivity index (χ1n) is 6.92. The molecule has 0 aromatic carbocycles. The molecule has 1 heterocycles. The Hall–Kier alpha value is -0.570. The zero-order valence-corrected chi connectivity index (χ0v) is 10.1. The maximum atomic E-state index is 8.28. The minimum atomic E-state index is 0.590. The Kier molecular flexibility index (Phi) is 2.88. The van der Waals surface area contributed by atoms with Crippen molar-refractivity contribution >= 4 is 5.84 Å². The molecule has 3 nitrogen and oxygen atoms in total. The van der Waals surface area contributed by atoms with E-state index >= 15 is 0 Å². The maximum Gasteiger partial charge on any atom is 0.0990 e. The quantitative estimate of drug-likeness (QED) is 0.570. The second kappa shape index (κ2) is 4.36. The smallest absolute Gasteiger partial charge is 0.0990 e. The van der Waals surface area contributed by atoms with Crippen LogP contribution in [0.15, 0.2) is 0 Å². The van der Waals surface area contributed by atoms with Crippen molar-refractivity contribution in [2.24, 2.45) is 5.92 Å². The fraction of sp³-hybridized carbons (Fsp3) is 0.923. The molecular formula is C13H23N3. The van der Waals surface area contributed by atoms with Crippen molar-refractivity contribution in [3.05, 3.63) is 0 Å². The van der Waals surface area contributed by atoms with Gasteiger partial charge in [0.2, 0.25) is 0 Å². The molecule has 3 fully saturated rings. The van der Waals surface area contributed by atoms with E-state index in [9.17, 15) is 0 Å². The highest BCUT2D eigenvalue weighted by Gasteiger charge is 2.33. The summed E-state index contributed by atoms with van der Waals surface area (Å²) in [6.07, 6.45) is 8.05. The number of amidine groups is 1. The van der Waals surface area contributed by atoms with Gasteiger partial charge < -0.3 is 4.90 Å². The average Bonchev–Trinajstić information content (AvgIpc) is 3.04. The van der Waals surface area contributed by atoms with Crippen LogP contribution in [-0.2, 0) is 0 Å². The van der Waals surface area contributed by atoms with Crippen LogP contribution in [0, 0.1) is 11.3 Å². The van der Waals surface area contributed by atoms with Crippen LogP contribution in [0.25, 0.3) is 0 Å². The van der Waals surface area contributed by atoms with E-state index in [1.807, 2.05) is 0 Å². The predicted octanol–water partition coefficient (Wildman–Crippen LogP) is 1.93. The maximum absolute atomic E-state index is 8.28. The van der Waals surface area contributed by atoms with Crippen molar-refractivity contribution in [2.75, 3.05) is 26.2 Å². The van der Waals surface area contributed by atoms with E-state index in [1.165, 1.54) is 51.6 Å². The summed E-state index contributed by atoms with van der Waals surface area (Å²) in [4.78, 5) is 4.97. The van der Waals surface area contributed by atoms with E-state index in [2.05, 4.69) is 9.80 Å². The van der Waals surface area contributed by atoms with E-state index in [0.29, 0.717) is 5.92 Å². The Labute approximate surface area is 98.3 Å². The van der Waals surface area contributed by atoms with Gasteiger partial charge in [-0.1, -0.05) is 12.8 Å². The summed E-state index contributed by atoms with van der Waals surface area (Å²) >= 11 is 0. The Morgan fingerprint density at radius 1 is 0.875 bits per heavy atom. The lowest BCUT2D eigenvalue weighted by molar-refractivity contribution is 0.169. The van der Waals surface area contributed by atoms with Gasteiger partial charge in [0.25, 0.3) is 0 Å². The molecule has 0 unspecified atom stereocenters. The van der Waals surface area contributed by atoms with Crippen molar-refractivity contribution in [1.29, 1.82) is 5.41 Å². The number of hydrogen-bond donors (Lipinski definition) is 1. The highest BCUT2D eigenvalue weighted by atomic mass is 15.3. The van der Waals surface area contributed by atoms with Crippen molar-refractivity contribution in [2.45, 2.75) is 44.6 Å². The molecule has 2 saturated carbocycles. The third kappa shape index (κ3) is 2.10. The van der Waals surface area contributed by atoms with Gasteiger partial charge in [-0.2, -0.15) is 0 Å². The van der Waals surface area contributed by atoms with Crippen LogP contribution in [-0.4, -0.2) is 47.9 Å². The van der Waals surface area contributed by atoms with Gasteiger partial charge in [-0.15, -0.1) is 0 Å². The molecule has 3 rings (SSSR count). The molecule has 0 radical (unpaired) electrons. The fourth-order valence-electron chi connectivity index (χ4n) is 3.23. The predicted molar refractivity (Wildman–Crippen MR) is 65.9 cm³/mol. The third-order valence-electron chi connectivity index (χ3n) is 4.46. The zero-order valence-electron chi connectivity index (χ0n) is 10.1. The molecule has 2 aliphatic carbocycles. The van der Waals surface area contributed by atoms with Gasteiger partial charge in [-0.05, 0) is 25.7 Å². The standard InChI is InChI=1S/C13H23N3/c14-13(11-3-1-2-4-11)16-9-7-15(8-10-16)12-5-6-12/h11-12,14H,1-10H2. The molecule has 0 atom stereocenters. The second-order valence-electron chi connectivity index (χ2n) is 5.62. The zero-order chi connectivity index (χ0) is 11.0. The molecule has 0 amide bonds. The largest absolute Gasteiger partial charge is 0.358 e. The Balaban J connectivity index is 1.50. The lowest BCUT2D eigenvalue weighted by Gasteiger charge is -2.37. The van der Waals surface area contributed by atoms with Crippen LogP contribution in [0.1, 0.15) is 38.5 Å². The van der Waals surface area contributed by atoms with Crippen LogP contribution in [0.4, 0.5) is 0 Å². The molecule has 1 N–H and O–H groups in total. The molecule has 0 aromatic heterocycles. The second-order valence-corrected chi connectivity index (χ2v) is 5.62. The van der Waals surface area contributed by atoms with Crippen LogP contribution < -0.4 is 0 Å². The van der Waals surface area contributed by atoms with Gasteiger partial charge in [0.1, 0.15) is 0 Å². The topological polar surface area (TPSA) is 30.3 Å². The van der Waals surface area contributed by atoms with Gasteiger partial charge in [-0.3, -0.25) is 10.3 Å². The van der Waals surface area contributed by atoms with Crippen molar-refractivity contribution in [3.8, 4) is 0 Å². The van der Waals surface area contributed by atoms with E-state index in [0.717, 1.165) is 25.0 Å². The van der Waals surface area contributed by atoms with E-state index in [4.69, 9.17) is 5.41 Å². The Bertz CT molecular complexity index is 258. The van der Waals surface area contributed by atoms with E-state index < -0.39 is 0 Å². The van der Waals surface area contributed by atoms with Gasteiger partial charge >= 0.3 is 0 Å². The van der Waals surface area contributed by atoms with Crippen LogP contribution >= 0.6 is 0 Å². The molecule has 1 saturated heterocycles. The molecule has 90 valence electrons. The molecule has 16 heavy (non-hydrogen) atoms. The summed E-state index contributed by atoms with van der Waals surface area (Å²) in [5.41, 5.74) is 0. The third-order valence-corrected chi connectivity index (χ3v) is 4.46. The number of nitrogens with zero attached hydrogens (tertiary/aromatic N) is 2. The van der Waals surface area contributed by atoms with Crippen LogP contribution in [0.5, 0.6) is 0 Å². The first kappa shape index (κ1) is 10.6. The fourth-order valence-corrected chi connectivity index (χ4v) is 3.23. The van der Waals surface area contributed by atoms with Gasteiger partial charge in [0, 0.05) is 38.1 Å². The number of piperazine rings is 1. The summed E-state index contributed by atoms with van der Waals surface area (Å²) in [5, 5.41) is 8.28. The molecule has 0 aromatic rings. The van der Waals surface area contributed by atoms with Crippen LogP contribution in [0.3, 0.4) is 0 Å². The van der Waals surface area contributed by atoms with Crippen molar-refractivity contribution in [1.82, 2.24) is 9.80 Å². The van der Waals surface area contributed by atoms with Gasteiger partial charge in [0.05, 0.1) is 5.84 Å². The summed E-state index contributed by atoms with van der Waals surface area (Å²) in [6.45, 7) is 4.59. The SMILES string of the molecule is N=C(C1CCCC1)N1CCN(C2CC2)CC1. The highest BCUT2D eigenvalue weighted by molar-refractivity contribution is 5.82. The Morgan fingerprint density at radius 2 is 1.50 bits per heavy atom. The summed E-state index contributed by atoms with van der Waals surface area (Å²) in [6, 6.07) is 0.905. The number of rotatable bonds is 2. The van der Waals surface area contributed by atoms with E-state index in [-0.39, 0.29) is 0 Å². The molecule has 3 heteroatoms. The summed E-state index contributed by atoms with van der Waals surface area (Å²) in [7, 11) is 0.